The molecule has 0 unspecified atom stereocenters. The van der Waals surface area contributed by atoms with Gasteiger partial charge in [0.1, 0.15) is 0 Å². The number of nitrogens with zero attached hydrogens (tertiary/aromatic N) is 1. The summed E-state index contributed by atoms with van der Waals surface area (Å²) in [5, 5.41) is 6.31. The van der Waals surface area contributed by atoms with Gasteiger partial charge in [0.15, 0.2) is 0 Å². The monoisotopic (exact) mass is 367 g/mol. The first-order chi connectivity index (χ1) is 11.2. The van der Waals surface area contributed by atoms with Gasteiger partial charge in [0.2, 0.25) is 5.91 Å². The van der Waals surface area contributed by atoms with E-state index in [4.69, 9.17) is 0 Å². The Bertz CT molecular complexity index is 651. The summed E-state index contributed by atoms with van der Waals surface area (Å²) in [6, 6.07) is 5.65. The first-order valence-corrected chi connectivity index (χ1v) is 9.21. The molecule has 1 spiro atoms. The predicted octanol–water partition coefficient (Wildman–Crippen LogP) is 2.37. The van der Waals surface area contributed by atoms with Gasteiger partial charge < -0.3 is 15.5 Å². The molecule has 0 aliphatic carbocycles. The summed E-state index contributed by atoms with van der Waals surface area (Å²) in [7, 11) is 0. The summed E-state index contributed by atoms with van der Waals surface area (Å²) in [5.41, 5.74) is 1.86. The van der Waals surface area contributed by atoms with Crippen LogP contribution in [0.3, 0.4) is 0 Å². The fourth-order valence-corrected chi connectivity index (χ4v) is 4.59. The fourth-order valence-electron chi connectivity index (χ4n) is 3.81. The van der Waals surface area contributed by atoms with Crippen molar-refractivity contribution in [3.63, 3.8) is 0 Å². The Labute approximate surface area is 152 Å². The minimum Gasteiger partial charge on any atom is -0.339 e. The Morgan fingerprint density at radius 2 is 2.00 bits per heavy atom. The van der Waals surface area contributed by atoms with Crippen molar-refractivity contribution in [2.45, 2.75) is 24.2 Å². The van der Waals surface area contributed by atoms with Crippen molar-refractivity contribution < 1.29 is 9.59 Å². The molecule has 2 fully saturated rings. The third-order valence-electron chi connectivity index (χ3n) is 5.30. The van der Waals surface area contributed by atoms with E-state index in [0.29, 0.717) is 16.7 Å². The summed E-state index contributed by atoms with van der Waals surface area (Å²) < 4.78 is 0. The molecular formula is C17H22ClN3O2S. The maximum absolute atomic E-state index is 12.8. The number of hydrogen-bond donors (Lipinski definition) is 2. The number of benzene rings is 1. The number of piperidine rings is 1. The molecule has 1 aromatic rings. The Kier molecular flexibility index (Phi) is 5.08. The zero-order valence-electron chi connectivity index (χ0n) is 13.5. The van der Waals surface area contributed by atoms with Gasteiger partial charge in [-0.2, -0.15) is 0 Å². The SMILES string of the molecule is Cl.O=C1CSc2ccc(C(=O)N3CCC4(CCNC4)CC3)cc2N1. The highest BCUT2D eigenvalue weighted by atomic mass is 35.5. The van der Waals surface area contributed by atoms with E-state index in [-0.39, 0.29) is 24.2 Å². The number of carbonyl (C=O) groups is 2. The number of anilines is 1. The van der Waals surface area contributed by atoms with E-state index in [9.17, 15) is 9.59 Å². The van der Waals surface area contributed by atoms with Gasteiger partial charge in [-0.3, -0.25) is 9.59 Å². The van der Waals surface area contributed by atoms with Crippen molar-refractivity contribution >= 4 is 41.7 Å². The van der Waals surface area contributed by atoms with Crippen molar-refractivity contribution in [1.29, 1.82) is 0 Å². The summed E-state index contributed by atoms with van der Waals surface area (Å²) in [4.78, 5) is 27.3. The number of hydrogen-bond acceptors (Lipinski definition) is 4. The Balaban J connectivity index is 0.00000169. The molecule has 7 heteroatoms. The molecule has 4 rings (SSSR count). The van der Waals surface area contributed by atoms with Crippen molar-refractivity contribution in [3.8, 4) is 0 Å². The molecule has 3 aliphatic heterocycles. The summed E-state index contributed by atoms with van der Waals surface area (Å²) in [5.74, 6) is 0.530. The van der Waals surface area contributed by atoms with E-state index in [1.807, 2.05) is 23.1 Å². The molecule has 0 radical (unpaired) electrons. The van der Waals surface area contributed by atoms with Crippen molar-refractivity contribution in [2.24, 2.45) is 5.41 Å². The average molecular weight is 368 g/mol. The lowest BCUT2D eigenvalue weighted by molar-refractivity contribution is -0.113. The second-order valence-electron chi connectivity index (χ2n) is 6.77. The van der Waals surface area contributed by atoms with E-state index in [0.717, 1.165) is 49.6 Å². The third kappa shape index (κ3) is 3.27. The highest BCUT2D eigenvalue weighted by Gasteiger charge is 2.38. The van der Waals surface area contributed by atoms with E-state index < -0.39 is 0 Å². The minimum absolute atomic E-state index is 0. The van der Waals surface area contributed by atoms with E-state index >= 15 is 0 Å². The van der Waals surface area contributed by atoms with Crippen LogP contribution in [-0.4, -0.2) is 48.6 Å². The molecule has 2 saturated heterocycles. The highest BCUT2D eigenvalue weighted by molar-refractivity contribution is 8.00. The maximum Gasteiger partial charge on any atom is 0.253 e. The van der Waals surface area contributed by atoms with Gasteiger partial charge in [0.25, 0.3) is 5.91 Å². The van der Waals surface area contributed by atoms with Crippen LogP contribution in [0.5, 0.6) is 0 Å². The molecular weight excluding hydrogens is 346 g/mol. The lowest BCUT2D eigenvalue weighted by Gasteiger charge is -2.39. The number of carbonyl (C=O) groups excluding carboxylic acids is 2. The van der Waals surface area contributed by atoms with Gasteiger partial charge in [-0.05, 0) is 49.4 Å². The zero-order valence-corrected chi connectivity index (χ0v) is 15.1. The smallest absolute Gasteiger partial charge is 0.253 e. The van der Waals surface area contributed by atoms with E-state index in [1.165, 1.54) is 18.2 Å². The first kappa shape index (κ1) is 17.6. The molecule has 24 heavy (non-hydrogen) atoms. The molecule has 5 nitrogen and oxygen atoms in total. The molecule has 0 bridgehead atoms. The van der Waals surface area contributed by atoms with Gasteiger partial charge in [0.05, 0.1) is 11.4 Å². The van der Waals surface area contributed by atoms with Crippen LogP contribution < -0.4 is 10.6 Å². The third-order valence-corrected chi connectivity index (χ3v) is 6.38. The van der Waals surface area contributed by atoms with Crippen LogP contribution in [0.2, 0.25) is 0 Å². The molecule has 1 aromatic carbocycles. The molecule has 2 amide bonds. The van der Waals surface area contributed by atoms with Crippen LogP contribution in [0.15, 0.2) is 23.1 Å². The summed E-state index contributed by atoms with van der Waals surface area (Å²) >= 11 is 1.52. The number of fused-ring (bicyclic) bond motifs is 1. The van der Waals surface area contributed by atoms with Crippen LogP contribution >= 0.6 is 24.2 Å². The highest BCUT2D eigenvalue weighted by Crippen LogP contribution is 2.37. The number of thioether (sulfide) groups is 1. The number of likely N-dealkylation sites (tertiary alicyclic amines) is 1. The van der Waals surface area contributed by atoms with Crippen molar-refractivity contribution in [1.82, 2.24) is 10.2 Å². The lowest BCUT2D eigenvalue weighted by atomic mass is 9.78. The molecule has 0 atom stereocenters. The van der Waals surface area contributed by atoms with Crippen LogP contribution in [0.1, 0.15) is 29.6 Å². The Morgan fingerprint density at radius 1 is 1.21 bits per heavy atom. The standard InChI is InChI=1S/C17H21N3O2S.ClH/c21-15-10-23-14-2-1-12(9-13(14)19-15)16(22)20-7-4-17(5-8-20)3-6-18-11-17;/h1-2,9,18H,3-8,10-11H2,(H,19,21);1H. The van der Waals surface area contributed by atoms with E-state index in [1.54, 1.807) is 0 Å². The summed E-state index contributed by atoms with van der Waals surface area (Å²) in [6.07, 6.45) is 3.41. The van der Waals surface area contributed by atoms with Crippen molar-refractivity contribution in [3.05, 3.63) is 23.8 Å². The summed E-state index contributed by atoms with van der Waals surface area (Å²) in [6.45, 7) is 3.87. The van der Waals surface area contributed by atoms with Gasteiger partial charge >= 0.3 is 0 Å². The van der Waals surface area contributed by atoms with Gasteiger partial charge in [-0.15, -0.1) is 24.2 Å². The molecule has 2 N–H and O–H groups in total. The fraction of sp³-hybridized carbons (Fsp3) is 0.529. The predicted molar refractivity (Wildman–Crippen MR) is 98.1 cm³/mol. The number of rotatable bonds is 1. The largest absolute Gasteiger partial charge is 0.339 e. The Morgan fingerprint density at radius 3 is 2.71 bits per heavy atom. The Hall–Kier alpha value is -1.24. The normalized spacial score (nSPS) is 21.8. The average Bonchev–Trinajstić information content (AvgIpc) is 3.02. The molecule has 3 heterocycles. The number of amides is 2. The molecule has 0 aromatic heterocycles. The number of nitrogens with one attached hydrogen (secondary N) is 2. The minimum atomic E-state index is 0. The van der Waals surface area contributed by atoms with E-state index in [2.05, 4.69) is 10.6 Å². The molecule has 3 aliphatic rings. The van der Waals surface area contributed by atoms with Crippen molar-refractivity contribution in [2.75, 3.05) is 37.2 Å². The topological polar surface area (TPSA) is 61.4 Å². The van der Waals surface area contributed by atoms with Gasteiger partial charge in [-0.25, -0.2) is 0 Å². The van der Waals surface area contributed by atoms with Gasteiger partial charge in [0, 0.05) is 30.1 Å². The zero-order chi connectivity index (χ0) is 15.9. The second kappa shape index (κ2) is 6.94. The molecule has 130 valence electrons. The second-order valence-corrected chi connectivity index (χ2v) is 7.78. The quantitative estimate of drug-likeness (QED) is 0.800. The maximum atomic E-state index is 12.8. The van der Waals surface area contributed by atoms with Crippen LogP contribution in [0.4, 0.5) is 5.69 Å². The van der Waals surface area contributed by atoms with Crippen LogP contribution in [0.25, 0.3) is 0 Å². The molecule has 0 saturated carbocycles. The van der Waals surface area contributed by atoms with Gasteiger partial charge in [-0.1, -0.05) is 0 Å². The van der Waals surface area contributed by atoms with Crippen LogP contribution in [-0.2, 0) is 4.79 Å². The van der Waals surface area contributed by atoms with Crippen LogP contribution in [0, 0.1) is 5.41 Å². The first-order valence-electron chi connectivity index (χ1n) is 8.22. The number of halogens is 1. The lowest BCUT2D eigenvalue weighted by Crippen LogP contribution is -2.44.